The molecule has 1 saturated carbocycles. The summed E-state index contributed by atoms with van der Waals surface area (Å²) in [7, 11) is 0. The standard InChI is InChI=1S/C21H22F2N4O/c22-21(23)7-5-15-17(12-1-3-14(4-2-12)20(24)10-28-11-20)25-19(26-18(15)21)27-8-6-13-9-16(13)27/h1-4,13,16H,5-11,24H2. The lowest BCUT2D eigenvalue weighted by atomic mass is 9.88. The van der Waals surface area contributed by atoms with Crippen LogP contribution in [-0.2, 0) is 22.6 Å². The van der Waals surface area contributed by atoms with Crippen LogP contribution in [0.25, 0.3) is 11.3 Å². The molecule has 3 heterocycles. The second-order valence-corrected chi connectivity index (χ2v) is 8.68. The Kier molecular flexibility index (Phi) is 3.29. The van der Waals surface area contributed by atoms with Gasteiger partial charge in [0, 0.05) is 30.1 Å². The highest BCUT2D eigenvalue weighted by atomic mass is 19.3. The fraction of sp³-hybridized carbons (Fsp3) is 0.524. The highest BCUT2D eigenvalue weighted by Crippen LogP contribution is 2.48. The van der Waals surface area contributed by atoms with E-state index >= 15 is 0 Å². The van der Waals surface area contributed by atoms with Gasteiger partial charge in [0.1, 0.15) is 5.69 Å². The molecule has 6 rings (SSSR count). The first-order chi connectivity index (χ1) is 13.4. The highest BCUT2D eigenvalue weighted by Gasteiger charge is 2.49. The lowest BCUT2D eigenvalue weighted by Crippen LogP contribution is -2.54. The SMILES string of the molecule is NC1(c2ccc(-c3nc(N4CCC5CC54)nc4c3CCC4(F)F)cc2)COC1. The number of benzene rings is 1. The van der Waals surface area contributed by atoms with Crippen LogP contribution in [0.3, 0.4) is 0 Å². The van der Waals surface area contributed by atoms with E-state index in [-0.39, 0.29) is 12.1 Å². The zero-order valence-electron chi connectivity index (χ0n) is 15.5. The summed E-state index contributed by atoms with van der Waals surface area (Å²) < 4.78 is 34.3. The molecule has 2 aliphatic carbocycles. The number of rotatable bonds is 3. The van der Waals surface area contributed by atoms with Crippen LogP contribution in [0.5, 0.6) is 0 Å². The van der Waals surface area contributed by atoms with Gasteiger partial charge in [-0.05, 0) is 30.7 Å². The fourth-order valence-electron chi connectivity index (χ4n) is 4.87. The quantitative estimate of drug-likeness (QED) is 0.882. The minimum absolute atomic E-state index is 0.0802. The number of ether oxygens (including phenoxy) is 1. The van der Waals surface area contributed by atoms with Crippen LogP contribution in [0.4, 0.5) is 14.7 Å². The Morgan fingerprint density at radius 1 is 1.14 bits per heavy atom. The van der Waals surface area contributed by atoms with Crippen molar-refractivity contribution < 1.29 is 13.5 Å². The molecule has 0 bridgehead atoms. The summed E-state index contributed by atoms with van der Waals surface area (Å²) >= 11 is 0. The molecule has 2 N–H and O–H groups in total. The minimum Gasteiger partial charge on any atom is -0.377 e. The third-order valence-electron chi connectivity index (χ3n) is 6.77. The maximum Gasteiger partial charge on any atom is 0.290 e. The molecule has 2 saturated heterocycles. The van der Waals surface area contributed by atoms with Gasteiger partial charge in [-0.15, -0.1) is 0 Å². The van der Waals surface area contributed by atoms with Gasteiger partial charge in [0.05, 0.1) is 24.4 Å². The van der Waals surface area contributed by atoms with Crippen LogP contribution >= 0.6 is 0 Å². The summed E-state index contributed by atoms with van der Waals surface area (Å²) in [6, 6.07) is 8.24. The number of nitrogens with two attached hydrogens (primary N) is 1. The maximum absolute atomic E-state index is 14.5. The predicted octanol–water partition coefficient (Wildman–Crippen LogP) is 2.96. The van der Waals surface area contributed by atoms with E-state index in [1.54, 1.807) is 0 Å². The van der Waals surface area contributed by atoms with Crippen molar-refractivity contribution in [3.8, 4) is 11.3 Å². The van der Waals surface area contributed by atoms with E-state index in [0.717, 1.165) is 30.5 Å². The van der Waals surface area contributed by atoms with E-state index in [2.05, 4.69) is 9.88 Å². The van der Waals surface area contributed by atoms with Crippen molar-refractivity contribution >= 4 is 5.95 Å². The van der Waals surface area contributed by atoms with Crippen LogP contribution in [-0.4, -0.2) is 35.8 Å². The summed E-state index contributed by atoms with van der Waals surface area (Å²) in [6.07, 6.45) is 2.34. The molecule has 2 unspecified atom stereocenters. The van der Waals surface area contributed by atoms with Crippen molar-refractivity contribution in [1.82, 2.24) is 9.97 Å². The maximum atomic E-state index is 14.5. The molecule has 0 amide bonds. The summed E-state index contributed by atoms with van der Waals surface area (Å²) in [4.78, 5) is 11.3. The monoisotopic (exact) mass is 384 g/mol. The Morgan fingerprint density at radius 3 is 2.54 bits per heavy atom. The summed E-state index contributed by atoms with van der Waals surface area (Å²) in [5.74, 6) is -1.73. The Morgan fingerprint density at radius 2 is 1.93 bits per heavy atom. The average molecular weight is 384 g/mol. The molecule has 28 heavy (non-hydrogen) atoms. The second-order valence-electron chi connectivity index (χ2n) is 8.68. The van der Waals surface area contributed by atoms with Gasteiger partial charge in [-0.25, -0.2) is 9.97 Å². The number of hydrogen-bond acceptors (Lipinski definition) is 5. The predicted molar refractivity (Wildman–Crippen MR) is 100 cm³/mol. The molecule has 0 radical (unpaired) electrons. The molecular weight excluding hydrogens is 362 g/mol. The molecule has 3 fully saturated rings. The zero-order chi connectivity index (χ0) is 19.1. The number of halogens is 2. The van der Waals surface area contributed by atoms with Crippen LogP contribution in [0.2, 0.25) is 0 Å². The second kappa shape index (κ2) is 5.48. The normalized spacial score (nSPS) is 28.6. The number of hydrogen-bond donors (Lipinski definition) is 1. The van der Waals surface area contributed by atoms with Crippen molar-refractivity contribution in [3.05, 3.63) is 41.1 Å². The summed E-state index contributed by atoms with van der Waals surface area (Å²) in [5.41, 5.74) is 8.86. The Balaban J connectivity index is 1.44. The van der Waals surface area contributed by atoms with Gasteiger partial charge in [-0.2, -0.15) is 8.78 Å². The molecule has 2 aromatic rings. The van der Waals surface area contributed by atoms with Gasteiger partial charge >= 0.3 is 0 Å². The Labute approximate surface area is 161 Å². The molecule has 0 spiro atoms. The fourth-order valence-corrected chi connectivity index (χ4v) is 4.87. The van der Waals surface area contributed by atoms with Gasteiger partial charge in [-0.3, -0.25) is 0 Å². The first-order valence-corrected chi connectivity index (χ1v) is 9.98. The molecule has 1 aromatic carbocycles. The van der Waals surface area contributed by atoms with E-state index < -0.39 is 11.5 Å². The van der Waals surface area contributed by atoms with E-state index in [9.17, 15) is 8.78 Å². The van der Waals surface area contributed by atoms with E-state index in [1.165, 1.54) is 0 Å². The van der Waals surface area contributed by atoms with Crippen molar-refractivity contribution in [2.75, 3.05) is 24.7 Å². The molecule has 5 nitrogen and oxygen atoms in total. The van der Waals surface area contributed by atoms with Gasteiger partial charge in [-0.1, -0.05) is 24.3 Å². The topological polar surface area (TPSA) is 64.3 Å². The lowest BCUT2D eigenvalue weighted by Gasteiger charge is -2.38. The number of aromatic nitrogens is 2. The van der Waals surface area contributed by atoms with Crippen LogP contribution < -0.4 is 10.6 Å². The number of nitrogens with zero attached hydrogens (tertiary/aromatic N) is 3. The molecule has 7 heteroatoms. The average Bonchev–Trinajstić information content (AvgIpc) is 3.22. The van der Waals surface area contributed by atoms with Crippen molar-refractivity contribution in [2.24, 2.45) is 11.7 Å². The number of anilines is 1. The summed E-state index contributed by atoms with van der Waals surface area (Å²) in [5, 5.41) is 0. The van der Waals surface area contributed by atoms with E-state index in [0.29, 0.717) is 48.8 Å². The highest BCUT2D eigenvalue weighted by molar-refractivity contribution is 5.68. The van der Waals surface area contributed by atoms with Crippen molar-refractivity contribution in [1.29, 1.82) is 0 Å². The third kappa shape index (κ3) is 2.35. The lowest BCUT2D eigenvalue weighted by molar-refractivity contribution is -0.0569. The van der Waals surface area contributed by atoms with E-state index in [1.807, 2.05) is 24.3 Å². The summed E-state index contributed by atoms with van der Waals surface area (Å²) in [6.45, 7) is 1.86. The van der Waals surface area contributed by atoms with Crippen molar-refractivity contribution in [2.45, 2.75) is 43.2 Å². The van der Waals surface area contributed by atoms with E-state index in [4.69, 9.17) is 15.5 Å². The van der Waals surface area contributed by atoms with Gasteiger partial charge in [0.2, 0.25) is 5.95 Å². The molecular formula is C21H22F2N4O. The van der Waals surface area contributed by atoms with Crippen molar-refractivity contribution in [3.63, 3.8) is 0 Å². The largest absolute Gasteiger partial charge is 0.377 e. The first-order valence-electron chi connectivity index (χ1n) is 9.98. The minimum atomic E-state index is -2.88. The number of piperidine rings is 1. The van der Waals surface area contributed by atoms with Gasteiger partial charge in [0.25, 0.3) is 5.92 Å². The van der Waals surface area contributed by atoms with Crippen LogP contribution in [0.1, 0.15) is 36.1 Å². The molecule has 4 aliphatic rings. The first kappa shape index (κ1) is 16.8. The number of fused-ring (bicyclic) bond motifs is 2. The molecule has 146 valence electrons. The van der Waals surface area contributed by atoms with Crippen LogP contribution in [0.15, 0.2) is 24.3 Å². The number of alkyl halides is 2. The molecule has 2 atom stereocenters. The van der Waals surface area contributed by atoms with Gasteiger partial charge < -0.3 is 15.4 Å². The zero-order valence-corrected chi connectivity index (χ0v) is 15.5. The third-order valence-corrected chi connectivity index (χ3v) is 6.77. The Hall–Kier alpha value is -2.12. The van der Waals surface area contributed by atoms with Gasteiger partial charge in [0.15, 0.2) is 0 Å². The molecule has 1 aromatic heterocycles. The Bertz CT molecular complexity index is 958. The van der Waals surface area contributed by atoms with Crippen LogP contribution in [0, 0.1) is 5.92 Å². The molecule has 2 aliphatic heterocycles. The smallest absolute Gasteiger partial charge is 0.290 e.